The van der Waals surface area contributed by atoms with E-state index in [-0.39, 0.29) is 39.2 Å². The molecule has 0 N–H and O–H groups in total. The van der Waals surface area contributed by atoms with Crippen LogP contribution in [0.25, 0.3) is 48.7 Å². The Balaban J connectivity index is 1.09. The Morgan fingerprint density at radius 2 is 0.900 bits per heavy atom. The van der Waals surface area contributed by atoms with Gasteiger partial charge in [0.2, 0.25) is 0 Å². The Bertz CT molecular complexity index is 4240. The van der Waals surface area contributed by atoms with Gasteiger partial charge in [-0.15, -0.1) is 11.3 Å². The summed E-state index contributed by atoms with van der Waals surface area (Å²) < 4.78 is 5.36. The Morgan fingerprint density at radius 3 is 1.51 bits per heavy atom. The number of thiophene rings is 1. The van der Waals surface area contributed by atoms with E-state index in [9.17, 15) is 0 Å². The number of anilines is 6. The highest BCUT2D eigenvalue weighted by molar-refractivity contribution is 7.33. The van der Waals surface area contributed by atoms with E-state index in [4.69, 9.17) is 0 Å². The summed E-state index contributed by atoms with van der Waals surface area (Å²) in [5.74, 6) is 0. The fourth-order valence-electron chi connectivity index (χ4n) is 15.9. The van der Waals surface area contributed by atoms with Gasteiger partial charge >= 0.3 is 0 Å². The fourth-order valence-corrected chi connectivity index (χ4v) is 17.2. The zero-order chi connectivity index (χ0) is 55.4. The molecule has 0 bridgehead atoms. The van der Waals surface area contributed by atoms with E-state index >= 15 is 0 Å². The van der Waals surface area contributed by atoms with Crippen molar-refractivity contribution in [3.63, 3.8) is 0 Å². The number of fused-ring (bicyclic) bond motifs is 12. The number of para-hydroxylation sites is 2. The highest BCUT2D eigenvalue weighted by atomic mass is 32.1. The van der Waals surface area contributed by atoms with Crippen LogP contribution in [0.3, 0.4) is 0 Å². The number of aromatic nitrogens is 1. The van der Waals surface area contributed by atoms with Crippen LogP contribution in [0.5, 0.6) is 0 Å². The zero-order valence-corrected chi connectivity index (χ0v) is 50.3. The quantitative estimate of drug-likeness (QED) is 0.163. The van der Waals surface area contributed by atoms with Crippen molar-refractivity contribution in [2.75, 3.05) is 9.80 Å². The molecule has 0 unspecified atom stereocenters. The molecule has 3 nitrogen and oxygen atoms in total. The van der Waals surface area contributed by atoms with Gasteiger partial charge in [-0.05, 0) is 206 Å². The van der Waals surface area contributed by atoms with Crippen LogP contribution in [-0.4, -0.2) is 11.3 Å². The predicted octanol–water partition coefficient (Wildman–Crippen LogP) is 19.1. The van der Waals surface area contributed by atoms with Crippen LogP contribution in [0.15, 0.2) is 152 Å². The molecule has 0 saturated carbocycles. The molecule has 2 aromatic heterocycles. The van der Waals surface area contributed by atoms with Crippen molar-refractivity contribution in [2.45, 2.75) is 161 Å². The molecule has 0 amide bonds. The third kappa shape index (κ3) is 7.10. The first kappa shape index (κ1) is 50.2. The lowest BCUT2D eigenvalue weighted by Gasteiger charge is -2.46. The molecule has 0 fully saturated rings. The fraction of sp³-hybridized carbons (Fsp3) is 0.333. The second-order valence-corrected chi connectivity index (χ2v) is 30.0. The third-order valence-electron chi connectivity index (χ3n) is 21.0. The monoisotopic (exact) mass is 1060 g/mol. The maximum Gasteiger partial charge on any atom is 0.264 e. The minimum Gasteiger partial charge on any atom is -0.311 e. The molecule has 0 spiro atoms. The van der Waals surface area contributed by atoms with Crippen molar-refractivity contribution < 1.29 is 0 Å². The van der Waals surface area contributed by atoms with E-state index < -0.39 is 0 Å². The van der Waals surface area contributed by atoms with E-state index in [1.54, 1.807) is 0 Å². The van der Waals surface area contributed by atoms with Gasteiger partial charge in [-0.3, -0.25) is 0 Å². The van der Waals surface area contributed by atoms with Gasteiger partial charge in [0.15, 0.2) is 0 Å². The van der Waals surface area contributed by atoms with E-state index in [0.717, 1.165) is 12.8 Å². The molecular formula is C75H76BN3S. The van der Waals surface area contributed by atoms with E-state index in [0.29, 0.717) is 0 Å². The molecule has 80 heavy (non-hydrogen) atoms. The molecule has 15 rings (SSSR count). The van der Waals surface area contributed by atoms with Crippen LogP contribution < -0.4 is 25.5 Å². The number of hydrogen-bond donors (Lipinski definition) is 0. The van der Waals surface area contributed by atoms with Gasteiger partial charge in [-0.2, -0.15) is 0 Å². The second-order valence-electron chi connectivity index (χ2n) is 29.0. The summed E-state index contributed by atoms with van der Waals surface area (Å²) >= 11 is 2.06. The van der Waals surface area contributed by atoms with Gasteiger partial charge < -0.3 is 14.4 Å². The normalized spacial score (nSPS) is 19.3. The molecule has 4 heterocycles. The van der Waals surface area contributed by atoms with Crippen molar-refractivity contribution in [1.29, 1.82) is 0 Å². The molecule has 0 radical (unpaired) electrons. The molecule has 400 valence electrons. The van der Waals surface area contributed by atoms with Crippen molar-refractivity contribution in [2.24, 2.45) is 0 Å². The highest BCUT2D eigenvalue weighted by Gasteiger charge is 2.49. The maximum absolute atomic E-state index is 2.76. The minimum atomic E-state index is -0.0121. The highest BCUT2D eigenvalue weighted by Crippen LogP contribution is 2.57. The van der Waals surface area contributed by atoms with E-state index in [1.807, 2.05) is 0 Å². The number of aryl methyl sites for hydroxylation is 1. The van der Waals surface area contributed by atoms with Crippen molar-refractivity contribution >= 4 is 99.8 Å². The van der Waals surface area contributed by atoms with Gasteiger partial charge in [0, 0.05) is 59.6 Å². The summed E-state index contributed by atoms with van der Waals surface area (Å²) in [7, 11) is 0. The van der Waals surface area contributed by atoms with Gasteiger partial charge in [0.05, 0.1) is 22.4 Å². The molecule has 10 aromatic rings. The Kier molecular flexibility index (Phi) is 10.4. The number of hydrogen-bond acceptors (Lipinski definition) is 3. The summed E-state index contributed by atoms with van der Waals surface area (Å²) in [5, 5.41) is 3.94. The summed E-state index contributed by atoms with van der Waals surface area (Å²) in [6.07, 6.45) is 7.03. The van der Waals surface area contributed by atoms with Crippen LogP contribution in [0, 0.1) is 6.92 Å². The standard InChI is InChI=1S/C75H76BN3S/c1-45-37-64-67-65(38-45)79(62-43-57-55(72(6,7)33-35-74(57,10)11)41-51(62)46-21-15-14-16-22-46)63-40-48(77-60-25-19-17-23-49(60)50-24-18-20-26-61(50)77)28-30-59(63)76(67)69-68(52-42-56-58(44-66(52)80-69)75(12,13)36-34-73(56,8)9)78(64)47-27-29-53-54(39-47)71(4,5)32-31-70(53,2)3/h14-30,37-44H,31-36H2,1-13H3. The molecule has 5 aliphatic rings. The van der Waals surface area contributed by atoms with E-state index in [2.05, 4.69) is 267 Å². The lowest BCUT2D eigenvalue weighted by Crippen LogP contribution is -2.60. The molecule has 5 heteroatoms. The Hall–Kier alpha value is -6.82. The molecule has 8 aromatic carbocycles. The summed E-state index contributed by atoms with van der Waals surface area (Å²) in [4.78, 5) is 5.50. The smallest absolute Gasteiger partial charge is 0.264 e. The summed E-state index contributed by atoms with van der Waals surface area (Å²) in [6, 6.07) is 60.1. The molecule has 0 atom stereocenters. The minimum absolute atomic E-state index is 0.00725. The van der Waals surface area contributed by atoms with Crippen LogP contribution in [0.1, 0.15) is 161 Å². The predicted molar refractivity (Wildman–Crippen MR) is 346 cm³/mol. The molecule has 2 aliphatic heterocycles. The van der Waals surface area contributed by atoms with Crippen molar-refractivity contribution in [3.8, 4) is 16.8 Å². The van der Waals surface area contributed by atoms with Crippen LogP contribution in [0.2, 0.25) is 0 Å². The average Bonchev–Trinajstić information content (AvgIpc) is 4.13. The zero-order valence-electron chi connectivity index (χ0n) is 49.5. The number of rotatable bonds is 4. The SMILES string of the molecule is Cc1cc2c3c(c1)N(c1ccc4c(c1)C(C)(C)CCC4(C)C)c1c(sc4cc5c(cc14)C(C)(C)CCC5(C)C)B3c1ccc(-n3c4ccccc4c4ccccc43)cc1N2c1cc2c(cc1-c1ccccc1)C(C)(C)CCC2(C)C. The summed E-state index contributed by atoms with van der Waals surface area (Å²) in [5.41, 5.74) is 27.2. The van der Waals surface area contributed by atoms with Gasteiger partial charge in [0.25, 0.3) is 6.71 Å². The number of benzene rings is 8. The molecule has 3 aliphatic carbocycles. The topological polar surface area (TPSA) is 11.4 Å². The Labute approximate surface area is 479 Å². The summed E-state index contributed by atoms with van der Waals surface area (Å²) in [6.45, 7) is 32.1. The van der Waals surface area contributed by atoms with E-state index in [1.165, 1.54) is 163 Å². The maximum atomic E-state index is 2.76. The van der Waals surface area contributed by atoms with Gasteiger partial charge in [0.1, 0.15) is 0 Å². The first-order valence-corrected chi connectivity index (χ1v) is 30.7. The van der Waals surface area contributed by atoms with Gasteiger partial charge in [-0.1, -0.05) is 162 Å². The van der Waals surface area contributed by atoms with Crippen LogP contribution >= 0.6 is 11.3 Å². The van der Waals surface area contributed by atoms with Crippen LogP contribution in [0.4, 0.5) is 34.1 Å². The molecule has 0 saturated heterocycles. The second kappa shape index (κ2) is 16.7. The van der Waals surface area contributed by atoms with Crippen LogP contribution in [-0.2, 0) is 32.5 Å². The largest absolute Gasteiger partial charge is 0.311 e. The Morgan fingerprint density at radius 1 is 0.400 bits per heavy atom. The third-order valence-corrected chi connectivity index (χ3v) is 22.2. The number of nitrogens with zero attached hydrogens (tertiary/aromatic N) is 3. The lowest BCUT2D eigenvalue weighted by molar-refractivity contribution is 0.332. The first-order valence-electron chi connectivity index (χ1n) is 29.9. The van der Waals surface area contributed by atoms with Gasteiger partial charge in [-0.25, -0.2) is 0 Å². The first-order chi connectivity index (χ1) is 38.0. The average molecular weight is 1060 g/mol. The molecular weight excluding hydrogens is 986 g/mol. The van der Waals surface area contributed by atoms with Crippen molar-refractivity contribution in [3.05, 3.63) is 191 Å². The van der Waals surface area contributed by atoms with Crippen molar-refractivity contribution in [1.82, 2.24) is 4.57 Å². The lowest BCUT2D eigenvalue weighted by atomic mass is 9.36.